The van der Waals surface area contributed by atoms with Crippen LogP contribution in [0, 0.1) is 5.82 Å². The second-order valence-electron chi connectivity index (χ2n) is 9.10. The molecule has 1 amide bonds. The lowest BCUT2D eigenvalue weighted by atomic mass is 10.1. The molecule has 0 aliphatic carbocycles. The van der Waals surface area contributed by atoms with Gasteiger partial charge in [0.25, 0.3) is 5.91 Å². The quantitative estimate of drug-likeness (QED) is 0.549. The molecule has 0 bridgehead atoms. The minimum Gasteiger partial charge on any atom is -0.484 e. The van der Waals surface area contributed by atoms with Crippen LogP contribution in [0.15, 0.2) is 48.5 Å². The van der Waals surface area contributed by atoms with Gasteiger partial charge in [0.05, 0.1) is 6.04 Å². The van der Waals surface area contributed by atoms with Crippen molar-refractivity contribution in [3.05, 3.63) is 77.1 Å². The van der Waals surface area contributed by atoms with Gasteiger partial charge in [-0.15, -0.1) is 0 Å². The van der Waals surface area contributed by atoms with Crippen molar-refractivity contribution in [2.45, 2.75) is 44.7 Å². The minimum atomic E-state index is -0.262. The van der Waals surface area contributed by atoms with E-state index in [0.29, 0.717) is 30.4 Å². The predicted molar refractivity (Wildman–Crippen MR) is 126 cm³/mol. The zero-order chi connectivity index (χ0) is 23.3. The number of nitrogens with one attached hydrogen (secondary N) is 1. The summed E-state index contributed by atoms with van der Waals surface area (Å²) >= 11 is 0. The highest BCUT2D eigenvalue weighted by Crippen LogP contribution is 2.30. The van der Waals surface area contributed by atoms with Crippen LogP contribution in [0.1, 0.15) is 54.5 Å². The van der Waals surface area contributed by atoms with E-state index in [1.54, 1.807) is 12.1 Å². The molecule has 2 saturated heterocycles. The highest BCUT2D eigenvalue weighted by Gasteiger charge is 2.33. The monoisotopic (exact) mass is 463 g/mol. The van der Waals surface area contributed by atoms with Crippen LogP contribution in [0.2, 0.25) is 0 Å². The summed E-state index contributed by atoms with van der Waals surface area (Å²) in [5, 5.41) is 7.33. The highest BCUT2D eigenvalue weighted by molar-refractivity contribution is 5.78. The number of benzene rings is 2. The Hall–Kier alpha value is -3.26. The topological polar surface area (TPSA) is 74.3 Å². The molecular formula is C26H30FN5O2. The van der Waals surface area contributed by atoms with Crippen LogP contribution in [0.5, 0.6) is 5.75 Å². The van der Waals surface area contributed by atoms with Crippen LogP contribution in [0.4, 0.5) is 4.39 Å². The van der Waals surface area contributed by atoms with Gasteiger partial charge < -0.3 is 9.64 Å². The molecule has 1 aromatic heterocycles. The van der Waals surface area contributed by atoms with Gasteiger partial charge in [-0.3, -0.25) is 14.8 Å². The molecule has 7 nitrogen and oxygen atoms in total. The number of H-pyrrole nitrogens is 1. The summed E-state index contributed by atoms with van der Waals surface area (Å²) in [4.78, 5) is 21.8. The molecule has 2 aliphatic rings. The number of rotatable bonds is 8. The molecular weight excluding hydrogens is 433 g/mol. The van der Waals surface area contributed by atoms with E-state index >= 15 is 0 Å². The number of likely N-dealkylation sites (tertiary alicyclic amines) is 2. The van der Waals surface area contributed by atoms with E-state index in [2.05, 4.69) is 32.2 Å². The van der Waals surface area contributed by atoms with Crippen molar-refractivity contribution in [1.29, 1.82) is 0 Å². The first-order valence-electron chi connectivity index (χ1n) is 12.0. The molecule has 2 fully saturated rings. The standard InChI is InChI=1S/C26H30FN5O2/c27-21-9-5-19(6-10-21)16-24-28-26(30-29-24)23-4-3-15-32(23)25(33)18-34-22-11-7-20(8-12-22)17-31-13-1-2-14-31/h5-12,23H,1-4,13-18H2,(H,28,29,30). The van der Waals surface area contributed by atoms with Crippen LogP contribution in [-0.2, 0) is 17.8 Å². The van der Waals surface area contributed by atoms with Crippen LogP contribution >= 0.6 is 0 Å². The Morgan fingerprint density at radius 3 is 2.50 bits per heavy atom. The Balaban J connectivity index is 1.15. The Labute approximate surface area is 198 Å². The SMILES string of the molecule is O=C(COc1ccc(CN2CCCC2)cc1)N1CCCC1c1n[nH]c(Cc2ccc(F)cc2)n1. The maximum absolute atomic E-state index is 13.1. The second-order valence-corrected chi connectivity index (χ2v) is 9.10. The van der Waals surface area contributed by atoms with E-state index in [4.69, 9.17) is 4.74 Å². The molecule has 8 heteroatoms. The third-order valence-electron chi connectivity index (χ3n) is 6.60. The number of halogens is 1. The van der Waals surface area contributed by atoms with Crippen molar-refractivity contribution in [2.24, 2.45) is 0 Å². The van der Waals surface area contributed by atoms with Crippen LogP contribution in [0.3, 0.4) is 0 Å². The van der Waals surface area contributed by atoms with Gasteiger partial charge in [-0.05, 0) is 74.2 Å². The van der Waals surface area contributed by atoms with Gasteiger partial charge in [0.15, 0.2) is 12.4 Å². The number of aromatic amines is 1. The molecule has 0 radical (unpaired) electrons. The number of amides is 1. The molecule has 0 spiro atoms. The van der Waals surface area contributed by atoms with Gasteiger partial charge in [-0.1, -0.05) is 24.3 Å². The summed E-state index contributed by atoms with van der Waals surface area (Å²) in [6.07, 6.45) is 4.83. The van der Waals surface area contributed by atoms with E-state index in [0.717, 1.165) is 24.9 Å². The van der Waals surface area contributed by atoms with Gasteiger partial charge in [0.1, 0.15) is 17.4 Å². The highest BCUT2D eigenvalue weighted by atomic mass is 19.1. The van der Waals surface area contributed by atoms with Gasteiger partial charge in [-0.25, -0.2) is 9.37 Å². The summed E-state index contributed by atoms with van der Waals surface area (Å²) in [7, 11) is 0. The number of carbonyl (C=O) groups excluding carboxylic acids is 1. The van der Waals surface area contributed by atoms with Gasteiger partial charge >= 0.3 is 0 Å². The third-order valence-corrected chi connectivity index (χ3v) is 6.60. The zero-order valence-corrected chi connectivity index (χ0v) is 19.3. The van der Waals surface area contributed by atoms with Gasteiger partial charge in [-0.2, -0.15) is 5.10 Å². The van der Waals surface area contributed by atoms with Crippen LogP contribution < -0.4 is 4.74 Å². The lowest BCUT2D eigenvalue weighted by Gasteiger charge is -2.22. The number of hydrogen-bond donors (Lipinski definition) is 1. The van der Waals surface area contributed by atoms with Crippen molar-refractivity contribution in [3.63, 3.8) is 0 Å². The number of nitrogens with zero attached hydrogens (tertiary/aromatic N) is 4. The number of hydrogen-bond acceptors (Lipinski definition) is 5. The van der Waals surface area contributed by atoms with E-state index in [9.17, 15) is 9.18 Å². The van der Waals surface area contributed by atoms with Crippen molar-refractivity contribution >= 4 is 5.91 Å². The smallest absolute Gasteiger partial charge is 0.261 e. The van der Waals surface area contributed by atoms with Crippen molar-refractivity contribution in [3.8, 4) is 5.75 Å². The number of carbonyl (C=O) groups is 1. The Bertz CT molecular complexity index is 1090. The molecule has 1 atom stereocenters. The lowest BCUT2D eigenvalue weighted by molar-refractivity contribution is -0.134. The molecule has 1 unspecified atom stereocenters. The van der Waals surface area contributed by atoms with E-state index < -0.39 is 0 Å². The minimum absolute atomic E-state index is 0.00513. The second kappa shape index (κ2) is 10.3. The Morgan fingerprint density at radius 1 is 1.00 bits per heavy atom. The van der Waals surface area contributed by atoms with Gasteiger partial charge in [0.2, 0.25) is 0 Å². The fourth-order valence-corrected chi connectivity index (χ4v) is 4.79. The average molecular weight is 464 g/mol. The fourth-order valence-electron chi connectivity index (χ4n) is 4.79. The van der Waals surface area contributed by atoms with Crippen LogP contribution in [0.25, 0.3) is 0 Å². The molecule has 1 N–H and O–H groups in total. The van der Waals surface area contributed by atoms with Gasteiger partial charge in [0, 0.05) is 19.5 Å². The third kappa shape index (κ3) is 5.44. The fraction of sp³-hybridized carbons (Fsp3) is 0.423. The van der Waals surface area contributed by atoms with Crippen molar-refractivity contribution in [1.82, 2.24) is 25.0 Å². The average Bonchev–Trinajstić information content (AvgIpc) is 3.62. The van der Waals surface area contributed by atoms with Crippen molar-refractivity contribution in [2.75, 3.05) is 26.2 Å². The largest absolute Gasteiger partial charge is 0.484 e. The Morgan fingerprint density at radius 2 is 1.74 bits per heavy atom. The molecule has 5 rings (SSSR count). The lowest BCUT2D eigenvalue weighted by Crippen LogP contribution is -2.34. The molecule has 178 valence electrons. The normalized spacial score (nSPS) is 18.5. The first kappa shape index (κ1) is 22.5. The molecule has 0 saturated carbocycles. The summed E-state index contributed by atoms with van der Waals surface area (Å²) in [6.45, 7) is 3.97. The van der Waals surface area contributed by atoms with Crippen LogP contribution in [-0.4, -0.2) is 57.1 Å². The molecule has 2 aromatic carbocycles. The molecule has 3 heterocycles. The van der Waals surface area contributed by atoms with E-state index in [1.807, 2.05) is 17.0 Å². The first-order chi connectivity index (χ1) is 16.6. The summed E-state index contributed by atoms with van der Waals surface area (Å²) in [5.41, 5.74) is 2.21. The number of ether oxygens (including phenoxy) is 1. The summed E-state index contributed by atoms with van der Waals surface area (Å²) in [6, 6.07) is 14.2. The molecule has 34 heavy (non-hydrogen) atoms. The first-order valence-corrected chi connectivity index (χ1v) is 12.0. The zero-order valence-electron chi connectivity index (χ0n) is 19.3. The maximum Gasteiger partial charge on any atom is 0.261 e. The molecule has 2 aliphatic heterocycles. The van der Waals surface area contributed by atoms with Crippen molar-refractivity contribution < 1.29 is 13.9 Å². The number of aromatic nitrogens is 3. The summed E-state index contributed by atoms with van der Waals surface area (Å²) in [5.74, 6) is 1.70. The Kier molecular flexibility index (Phi) is 6.85. The predicted octanol–water partition coefficient (Wildman–Crippen LogP) is 3.87. The molecule has 3 aromatic rings. The summed E-state index contributed by atoms with van der Waals surface area (Å²) < 4.78 is 18.9. The maximum atomic E-state index is 13.1. The van der Waals surface area contributed by atoms with E-state index in [-0.39, 0.29) is 24.4 Å². The van der Waals surface area contributed by atoms with E-state index in [1.165, 1.54) is 43.6 Å².